The lowest BCUT2D eigenvalue weighted by Crippen LogP contribution is -2.30. The monoisotopic (exact) mass is 752 g/mol. The number of aliphatic hydroxyl groups is 2. The van der Waals surface area contributed by atoms with E-state index in [2.05, 4.69) is 73.1 Å². The number of allylic oxidation sites excluding steroid dienone is 11. The van der Waals surface area contributed by atoms with Crippen LogP contribution in [0, 0.1) is 0 Å². The standard InChI is InChI=1S/C41H69O10P/c1-3-5-7-9-11-13-15-17-18-19-21-23-25-27-29-33-40(44)49-35-37(36-50-52(46,47)48)51-41(45)34-30-32-39(43)38(42)31-28-26-24-22-20-16-14-12-10-8-6-4-2/h6,8,12-15,17-18,20,22,26,28,37-39,42-43H,3-5,7,9-11,16,19,21,23-25,27,29-36H2,1-2H3,(H2,46,47,48)/b8-6-,14-12-,15-13-,18-17-,22-20-,28-26-/t37-,38-,39-/m1/s1. The molecule has 0 aliphatic rings. The first kappa shape index (κ1) is 49.4. The van der Waals surface area contributed by atoms with Crippen molar-refractivity contribution in [2.45, 2.75) is 161 Å². The van der Waals surface area contributed by atoms with E-state index in [1.165, 1.54) is 25.7 Å². The van der Waals surface area contributed by atoms with Crippen molar-refractivity contribution < 1.29 is 48.2 Å². The first-order chi connectivity index (χ1) is 25.1. The molecular weight excluding hydrogens is 683 g/mol. The van der Waals surface area contributed by atoms with Gasteiger partial charge in [0.05, 0.1) is 18.8 Å². The maximum absolute atomic E-state index is 12.4. The summed E-state index contributed by atoms with van der Waals surface area (Å²) in [6.45, 7) is 3.27. The van der Waals surface area contributed by atoms with Gasteiger partial charge in [-0.05, 0) is 77.0 Å². The number of esters is 2. The first-order valence-corrected chi connectivity index (χ1v) is 20.9. The van der Waals surface area contributed by atoms with E-state index in [0.29, 0.717) is 6.42 Å². The van der Waals surface area contributed by atoms with Crippen molar-refractivity contribution in [1.29, 1.82) is 0 Å². The molecule has 0 heterocycles. The quantitative estimate of drug-likeness (QED) is 0.0164. The van der Waals surface area contributed by atoms with E-state index >= 15 is 0 Å². The molecule has 0 saturated heterocycles. The molecule has 0 bridgehead atoms. The van der Waals surface area contributed by atoms with Crippen LogP contribution in [0.15, 0.2) is 72.9 Å². The molecule has 0 rings (SSSR count). The lowest BCUT2D eigenvalue weighted by molar-refractivity contribution is -0.161. The van der Waals surface area contributed by atoms with Crippen molar-refractivity contribution in [3.8, 4) is 0 Å². The molecule has 0 unspecified atom stereocenters. The fourth-order valence-corrected chi connectivity index (χ4v) is 5.28. The summed E-state index contributed by atoms with van der Waals surface area (Å²) in [5.41, 5.74) is 0. The predicted octanol–water partition coefficient (Wildman–Crippen LogP) is 9.45. The van der Waals surface area contributed by atoms with Crippen LogP contribution < -0.4 is 0 Å². The Morgan fingerprint density at radius 3 is 1.75 bits per heavy atom. The van der Waals surface area contributed by atoms with Crippen molar-refractivity contribution in [3.63, 3.8) is 0 Å². The molecule has 0 aromatic rings. The highest BCUT2D eigenvalue weighted by atomic mass is 31.2. The van der Waals surface area contributed by atoms with Gasteiger partial charge in [0.1, 0.15) is 6.61 Å². The third kappa shape index (κ3) is 35.8. The summed E-state index contributed by atoms with van der Waals surface area (Å²) in [6, 6.07) is 0. The topological polar surface area (TPSA) is 160 Å². The van der Waals surface area contributed by atoms with Crippen molar-refractivity contribution >= 4 is 19.8 Å². The van der Waals surface area contributed by atoms with Gasteiger partial charge in [0.15, 0.2) is 6.10 Å². The van der Waals surface area contributed by atoms with Crippen molar-refractivity contribution in [1.82, 2.24) is 0 Å². The third-order valence-electron chi connectivity index (χ3n) is 7.94. The van der Waals surface area contributed by atoms with Crippen LogP contribution in [-0.4, -0.2) is 63.5 Å². The molecule has 0 amide bonds. The molecule has 0 radical (unpaired) electrons. The summed E-state index contributed by atoms with van der Waals surface area (Å²) in [4.78, 5) is 42.8. The molecule has 0 saturated carbocycles. The predicted molar refractivity (Wildman–Crippen MR) is 209 cm³/mol. The van der Waals surface area contributed by atoms with Gasteiger partial charge in [-0.2, -0.15) is 0 Å². The van der Waals surface area contributed by atoms with Crippen molar-refractivity contribution in [3.05, 3.63) is 72.9 Å². The molecule has 10 nitrogen and oxygen atoms in total. The second-order valence-corrected chi connectivity index (χ2v) is 14.1. The summed E-state index contributed by atoms with van der Waals surface area (Å²) in [6.07, 6.45) is 37.9. The highest BCUT2D eigenvalue weighted by Gasteiger charge is 2.23. The van der Waals surface area contributed by atoms with Gasteiger partial charge in [-0.25, -0.2) is 4.57 Å². The number of hydrogen-bond donors (Lipinski definition) is 4. The highest BCUT2D eigenvalue weighted by molar-refractivity contribution is 7.46. The fraction of sp³-hybridized carbons (Fsp3) is 0.659. The maximum atomic E-state index is 12.4. The molecule has 0 aromatic carbocycles. The molecule has 0 aromatic heterocycles. The summed E-state index contributed by atoms with van der Waals surface area (Å²) in [7, 11) is -4.84. The Morgan fingerprint density at radius 2 is 1.15 bits per heavy atom. The zero-order chi connectivity index (χ0) is 38.5. The average molecular weight is 753 g/mol. The van der Waals surface area contributed by atoms with Gasteiger partial charge in [0, 0.05) is 12.8 Å². The minimum atomic E-state index is -4.84. The molecule has 0 aliphatic heterocycles. The number of ether oxygens (including phenoxy) is 2. The molecule has 3 atom stereocenters. The molecular formula is C41H69O10P. The Balaban J connectivity index is 4.27. The zero-order valence-corrected chi connectivity index (χ0v) is 32.8. The molecule has 11 heteroatoms. The van der Waals surface area contributed by atoms with Crippen LogP contribution >= 0.6 is 7.82 Å². The van der Waals surface area contributed by atoms with E-state index in [-0.39, 0.29) is 32.1 Å². The maximum Gasteiger partial charge on any atom is 0.469 e. The molecule has 52 heavy (non-hydrogen) atoms. The van der Waals surface area contributed by atoms with Crippen LogP contribution in [0.5, 0.6) is 0 Å². The van der Waals surface area contributed by atoms with E-state index in [4.69, 9.17) is 19.3 Å². The van der Waals surface area contributed by atoms with E-state index in [0.717, 1.165) is 64.2 Å². The smallest absolute Gasteiger partial charge is 0.462 e. The third-order valence-corrected chi connectivity index (χ3v) is 8.42. The van der Waals surface area contributed by atoms with E-state index in [9.17, 15) is 24.4 Å². The SMILES string of the molecule is CC/C=C\C/C=C\C/C=C\C/C=C\C[C@@H](O)[C@H](O)CCCC(=O)O[C@H](COC(=O)CCCCCCC/C=C\C=C/CCCCCC)COP(=O)(O)O. The lowest BCUT2D eigenvalue weighted by atomic mass is 10.0. The van der Waals surface area contributed by atoms with Gasteiger partial charge in [0.2, 0.25) is 0 Å². The Hall–Kier alpha value is -2.59. The van der Waals surface area contributed by atoms with E-state index < -0.39 is 51.3 Å². The number of rotatable bonds is 34. The van der Waals surface area contributed by atoms with Gasteiger partial charge in [-0.3, -0.25) is 14.1 Å². The molecule has 0 spiro atoms. The Labute approximate surface area is 314 Å². The van der Waals surface area contributed by atoms with Crippen LogP contribution in [0.3, 0.4) is 0 Å². The van der Waals surface area contributed by atoms with Gasteiger partial charge >= 0.3 is 19.8 Å². The number of hydrogen-bond acceptors (Lipinski definition) is 8. The summed E-state index contributed by atoms with van der Waals surface area (Å²) >= 11 is 0. The lowest BCUT2D eigenvalue weighted by Gasteiger charge is -2.19. The number of carbonyl (C=O) groups excluding carboxylic acids is 2. The van der Waals surface area contributed by atoms with Crippen LogP contribution in [0.1, 0.15) is 142 Å². The summed E-state index contributed by atoms with van der Waals surface area (Å²) in [5.74, 6) is -1.20. The second kappa shape index (κ2) is 35.4. The van der Waals surface area contributed by atoms with Gasteiger partial charge < -0.3 is 29.5 Å². The Kier molecular flexibility index (Phi) is 33.7. The number of phosphoric acid groups is 1. The zero-order valence-electron chi connectivity index (χ0n) is 31.9. The number of aliphatic hydroxyl groups excluding tert-OH is 2. The molecule has 0 aliphatic carbocycles. The average Bonchev–Trinajstić information content (AvgIpc) is 3.11. The second-order valence-electron chi connectivity index (χ2n) is 12.9. The van der Waals surface area contributed by atoms with E-state index in [1.54, 1.807) is 6.08 Å². The van der Waals surface area contributed by atoms with Crippen LogP contribution in [0.25, 0.3) is 0 Å². The normalized spacial score (nSPS) is 14.5. The molecule has 0 fully saturated rings. The summed E-state index contributed by atoms with van der Waals surface area (Å²) in [5, 5.41) is 20.5. The fourth-order valence-electron chi connectivity index (χ4n) is 4.92. The Morgan fingerprint density at radius 1 is 0.615 bits per heavy atom. The minimum Gasteiger partial charge on any atom is -0.462 e. The van der Waals surface area contributed by atoms with Crippen LogP contribution in [0.2, 0.25) is 0 Å². The van der Waals surface area contributed by atoms with Crippen molar-refractivity contribution in [2.24, 2.45) is 0 Å². The first-order valence-electron chi connectivity index (χ1n) is 19.4. The molecule has 298 valence electrons. The van der Waals surface area contributed by atoms with Gasteiger partial charge in [-0.15, -0.1) is 0 Å². The molecule has 4 N–H and O–H groups in total. The Bertz CT molecular complexity index is 1100. The highest BCUT2D eigenvalue weighted by Crippen LogP contribution is 2.36. The van der Waals surface area contributed by atoms with Crippen LogP contribution in [-0.2, 0) is 28.2 Å². The summed E-state index contributed by atoms with van der Waals surface area (Å²) < 4.78 is 26.1. The van der Waals surface area contributed by atoms with Gasteiger partial charge in [-0.1, -0.05) is 125 Å². The number of carbonyl (C=O) groups is 2. The largest absolute Gasteiger partial charge is 0.469 e. The number of phosphoric ester groups is 1. The van der Waals surface area contributed by atoms with Crippen molar-refractivity contribution in [2.75, 3.05) is 13.2 Å². The van der Waals surface area contributed by atoms with Crippen LogP contribution in [0.4, 0.5) is 0 Å². The van der Waals surface area contributed by atoms with Gasteiger partial charge in [0.25, 0.3) is 0 Å². The minimum absolute atomic E-state index is 0.111. The van der Waals surface area contributed by atoms with E-state index in [1.807, 2.05) is 12.2 Å². The number of unbranched alkanes of at least 4 members (excludes halogenated alkanes) is 9.